The molecule has 0 aliphatic rings. The van der Waals surface area contributed by atoms with Crippen LogP contribution in [0.15, 0.2) is 30.5 Å². The van der Waals surface area contributed by atoms with Crippen LogP contribution in [0.25, 0.3) is 0 Å². The fourth-order valence-corrected chi connectivity index (χ4v) is 2.75. The fraction of sp³-hybridized carbons (Fsp3) is 0.214. The lowest BCUT2D eigenvalue weighted by atomic mass is 10.0. The lowest BCUT2D eigenvalue weighted by Crippen LogP contribution is -2.30. The summed E-state index contributed by atoms with van der Waals surface area (Å²) in [6.07, 6.45) is 2.05. The second kappa shape index (κ2) is 7.29. The Balaban J connectivity index is 2.33. The van der Waals surface area contributed by atoms with Crippen molar-refractivity contribution < 1.29 is 4.74 Å². The average Bonchev–Trinajstić information content (AvgIpc) is 2.45. The Bertz CT molecular complexity index is 637. The highest BCUT2D eigenvalue weighted by Crippen LogP contribution is 2.30. The third-order valence-electron chi connectivity index (χ3n) is 3.03. The number of benzene rings is 1. The van der Waals surface area contributed by atoms with Gasteiger partial charge in [-0.3, -0.25) is 16.3 Å². The van der Waals surface area contributed by atoms with E-state index in [2.05, 4.69) is 10.4 Å². The van der Waals surface area contributed by atoms with Gasteiger partial charge in [-0.1, -0.05) is 34.8 Å². The molecule has 2 rings (SSSR count). The third kappa shape index (κ3) is 3.99. The number of rotatable bonds is 5. The molecule has 0 fully saturated rings. The van der Waals surface area contributed by atoms with Crippen molar-refractivity contribution in [2.24, 2.45) is 5.84 Å². The summed E-state index contributed by atoms with van der Waals surface area (Å²) in [7, 11) is 1.60. The molecular weight excluding hydrogens is 333 g/mol. The number of hydrogen-bond donors (Lipinski definition) is 2. The van der Waals surface area contributed by atoms with Gasteiger partial charge in [-0.05, 0) is 36.2 Å². The van der Waals surface area contributed by atoms with Gasteiger partial charge in [-0.25, -0.2) is 0 Å². The normalized spacial score (nSPS) is 12.2. The molecular formula is C14H14Cl3N3O. The van der Waals surface area contributed by atoms with Crippen LogP contribution in [-0.4, -0.2) is 12.1 Å². The lowest BCUT2D eigenvalue weighted by molar-refractivity contribution is 0.405. The average molecular weight is 347 g/mol. The van der Waals surface area contributed by atoms with Gasteiger partial charge in [-0.2, -0.15) is 0 Å². The monoisotopic (exact) mass is 345 g/mol. The summed E-state index contributed by atoms with van der Waals surface area (Å²) in [6, 6.07) is 6.74. The first kappa shape index (κ1) is 16.3. The van der Waals surface area contributed by atoms with Crippen molar-refractivity contribution in [1.29, 1.82) is 0 Å². The highest BCUT2D eigenvalue weighted by Gasteiger charge is 2.18. The van der Waals surface area contributed by atoms with Crippen LogP contribution in [0.4, 0.5) is 0 Å². The van der Waals surface area contributed by atoms with Gasteiger partial charge in [0.1, 0.15) is 5.75 Å². The van der Waals surface area contributed by atoms with Crippen molar-refractivity contribution in [1.82, 2.24) is 10.4 Å². The van der Waals surface area contributed by atoms with Crippen molar-refractivity contribution in [3.05, 3.63) is 56.8 Å². The molecule has 1 aromatic carbocycles. The summed E-state index contributed by atoms with van der Waals surface area (Å²) >= 11 is 18.1. The molecule has 0 saturated heterocycles. The van der Waals surface area contributed by atoms with Gasteiger partial charge in [0.15, 0.2) is 0 Å². The van der Waals surface area contributed by atoms with Crippen LogP contribution in [0.5, 0.6) is 5.75 Å². The minimum Gasteiger partial charge on any atom is -0.496 e. The van der Waals surface area contributed by atoms with Crippen LogP contribution in [0.3, 0.4) is 0 Å². The Morgan fingerprint density at radius 1 is 1.24 bits per heavy atom. The Hall–Kier alpha value is -1.04. The molecule has 1 aromatic heterocycles. The molecule has 1 unspecified atom stereocenters. The maximum Gasteiger partial charge on any atom is 0.122 e. The minimum atomic E-state index is -0.290. The Morgan fingerprint density at radius 3 is 2.62 bits per heavy atom. The lowest BCUT2D eigenvalue weighted by Gasteiger charge is -2.18. The first-order chi connectivity index (χ1) is 10.0. The smallest absolute Gasteiger partial charge is 0.122 e. The van der Waals surface area contributed by atoms with Crippen LogP contribution in [0.2, 0.25) is 15.1 Å². The van der Waals surface area contributed by atoms with Crippen LogP contribution in [-0.2, 0) is 6.42 Å². The van der Waals surface area contributed by atoms with Crippen LogP contribution in [0.1, 0.15) is 17.3 Å². The van der Waals surface area contributed by atoms with Gasteiger partial charge >= 0.3 is 0 Å². The summed E-state index contributed by atoms with van der Waals surface area (Å²) < 4.78 is 5.33. The van der Waals surface area contributed by atoms with E-state index in [9.17, 15) is 0 Å². The standard InChI is InChI=1S/C14H14Cl3N3O/c1-21-13-3-2-9(15)4-8(13)5-12(20-18)14-11(17)6-10(16)7-19-14/h2-4,6-7,12,20H,5,18H2,1H3. The molecule has 0 bridgehead atoms. The molecule has 112 valence electrons. The third-order valence-corrected chi connectivity index (χ3v) is 3.78. The Labute approximate surface area is 138 Å². The van der Waals surface area contributed by atoms with Crippen molar-refractivity contribution in [2.75, 3.05) is 7.11 Å². The number of nitrogens with zero attached hydrogens (tertiary/aromatic N) is 1. The number of halogens is 3. The molecule has 7 heteroatoms. The summed E-state index contributed by atoms with van der Waals surface area (Å²) in [5.41, 5.74) is 4.23. The van der Waals surface area contributed by atoms with Gasteiger partial charge in [0.2, 0.25) is 0 Å². The second-order valence-electron chi connectivity index (χ2n) is 4.40. The zero-order valence-electron chi connectivity index (χ0n) is 11.2. The van der Waals surface area contributed by atoms with Gasteiger partial charge in [0, 0.05) is 11.2 Å². The largest absolute Gasteiger partial charge is 0.496 e. The van der Waals surface area contributed by atoms with Gasteiger partial charge in [0.05, 0.1) is 28.9 Å². The molecule has 0 amide bonds. The Kier molecular flexibility index (Phi) is 5.67. The molecule has 4 nitrogen and oxygen atoms in total. The van der Waals surface area contributed by atoms with E-state index >= 15 is 0 Å². The summed E-state index contributed by atoms with van der Waals surface area (Å²) in [5, 5.41) is 1.54. The number of hydrogen-bond acceptors (Lipinski definition) is 4. The molecule has 0 radical (unpaired) electrons. The predicted molar refractivity (Wildman–Crippen MR) is 86.0 cm³/mol. The molecule has 0 spiro atoms. The minimum absolute atomic E-state index is 0.290. The van der Waals surface area contributed by atoms with Crippen molar-refractivity contribution >= 4 is 34.8 Å². The molecule has 3 N–H and O–H groups in total. The maximum absolute atomic E-state index is 6.17. The van der Waals surface area contributed by atoms with E-state index in [0.717, 1.165) is 11.3 Å². The van der Waals surface area contributed by atoms with Crippen molar-refractivity contribution in [3.8, 4) is 5.75 Å². The van der Waals surface area contributed by atoms with Crippen molar-refractivity contribution in [3.63, 3.8) is 0 Å². The second-order valence-corrected chi connectivity index (χ2v) is 5.68. The fourth-order valence-electron chi connectivity index (χ4n) is 2.04. The number of ether oxygens (including phenoxy) is 1. The number of pyridine rings is 1. The quantitative estimate of drug-likeness (QED) is 0.638. The highest BCUT2D eigenvalue weighted by atomic mass is 35.5. The zero-order valence-corrected chi connectivity index (χ0v) is 13.5. The molecule has 0 aliphatic carbocycles. The molecule has 0 saturated carbocycles. The number of nitrogens with two attached hydrogens (primary N) is 1. The number of hydrazine groups is 1. The van der Waals surface area contributed by atoms with E-state index in [-0.39, 0.29) is 6.04 Å². The van der Waals surface area contributed by atoms with Crippen LogP contribution in [0, 0.1) is 0 Å². The topological polar surface area (TPSA) is 60.2 Å². The summed E-state index contributed by atoms with van der Waals surface area (Å²) in [4.78, 5) is 4.24. The van der Waals surface area contributed by atoms with E-state index < -0.39 is 0 Å². The van der Waals surface area contributed by atoms with E-state index in [1.807, 2.05) is 12.1 Å². The summed E-state index contributed by atoms with van der Waals surface area (Å²) in [5.74, 6) is 6.36. The number of aromatic nitrogens is 1. The van der Waals surface area contributed by atoms with E-state index in [1.165, 1.54) is 6.20 Å². The predicted octanol–water partition coefficient (Wildman–Crippen LogP) is 3.80. The molecule has 21 heavy (non-hydrogen) atoms. The van der Waals surface area contributed by atoms with E-state index in [4.69, 9.17) is 45.4 Å². The molecule has 0 aliphatic heterocycles. The highest BCUT2D eigenvalue weighted by molar-refractivity contribution is 6.34. The van der Waals surface area contributed by atoms with Crippen LogP contribution >= 0.6 is 34.8 Å². The van der Waals surface area contributed by atoms with E-state index in [1.54, 1.807) is 19.2 Å². The zero-order chi connectivity index (χ0) is 15.4. The van der Waals surface area contributed by atoms with Gasteiger partial charge in [0.25, 0.3) is 0 Å². The maximum atomic E-state index is 6.17. The number of nitrogens with one attached hydrogen (secondary N) is 1. The molecule has 1 atom stereocenters. The summed E-state index contributed by atoms with van der Waals surface area (Å²) in [6.45, 7) is 0. The molecule has 1 heterocycles. The van der Waals surface area contributed by atoms with Gasteiger partial charge in [-0.15, -0.1) is 0 Å². The van der Waals surface area contributed by atoms with Gasteiger partial charge < -0.3 is 4.74 Å². The molecule has 2 aromatic rings. The Morgan fingerprint density at radius 2 is 2.00 bits per heavy atom. The van der Waals surface area contributed by atoms with Crippen LogP contribution < -0.4 is 16.0 Å². The first-order valence-corrected chi connectivity index (χ1v) is 7.28. The van der Waals surface area contributed by atoms with Crippen molar-refractivity contribution in [2.45, 2.75) is 12.5 Å². The SMILES string of the molecule is COc1ccc(Cl)cc1CC(NN)c1ncc(Cl)cc1Cl. The number of methoxy groups -OCH3 is 1. The van der Waals surface area contributed by atoms with E-state index in [0.29, 0.717) is 27.2 Å². The first-order valence-electron chi connectivity index (χ1n) is 6.14.